The van der Waals surface area contributed by atoms with Crippen molar-refractivity contribution in [2.75, 3.05) is 20.1 Å². The molecule has 0 saturated carbocycles. The molecule has 100 valence electrons. The van der Waals surface area contributed by atoms with Crippen LogP contribution in [-0.4, -0.2) is 54.8 Å². The van der Waals surface area contributed by atoms with Crippen molar-refractivity contribution in [3.63, 3.8) is 0 Å². The monoisotopic (exact) mass is 287 g/mol. The van der Waals surface area contributed by atoms with Gasteiger partial charge in [-0.25, -0.2) is 13.4 Å². The first-order chi connectivity index (χ1) is 8.48. The van der Waals surface area contributed by atoms with Crippen LogP contribution in [-0.2, 0) is 10.0 Å². The molecule has 3 rings (SSSR count). The summed E-state index contributed by atoms with van der Waals surface area (Å²) < 4.78 is 27.4. The van der Waals surface area contributed by atoms with Crippen LogP contribution in [0.1, 0.15) is 17.8 Å². The van der Waals surface area contributed by atoms with Crippen LogP contribution in [0.15, 0.2) is 10.4 Å². The fourth-order valence-electron chi connectivity index (χ4n) is 3.03. The molecule has 18 heavy (non-hydrogen) atoms. The van der Waals surface area contributed by atoms with Gasteiger partial charge in [-0.1, -0.05) is 0 Å². The lowest BCUT2D eigenvalue weighted by atomic mass is 10.2. The maximum Gasteiger partial charge on any atom is 0.254 e. The van der Waals surface area contributed by atoms with Gasteiger partial charge in [0.2, 0.25) is 0 Å². The van der Waals surface area contributed by atoms with Gasteiger partial charge < -0.3 is 4.90 Å². The molecular formula is C11H17N3O2S2. The van der Waals surface area contributed by atoms with Gasteiger partial charge in [-0.05, 0) is 26.8 Å². The minimum atomic E-state index is -3.34. The molecule has 2 bridgehead atoms. The quantitative estimate of drug-likeness (QED) is 0.811. The number of rotatable bonds is 2. The minimum absolute atomic E-state index is 0.140. The summed E-state index contributed by atoms with van der Waals surface area (Å²) in [4.78, 5) is 6.29. The van der Waals surface area contributed by atoms with Crippen molar-refractivity contribution in [1.29, 1.82) is 0 Å². The summed E-state index contributed by atoms with van der Waals surface area (Å²) in [5.74, 6) is 0. The normalized spacial score (nSPS) is 29.9. The zero-order valence-electron chi connectivity index (χ0n) is 10.5. The van der Waals surface area contributed by atoms with E-state index in [-0.39, 0.29) is 12.1 Å². The molecule has 2 aliphatic heterocycles. The van der Waals surface area contributed by atoms with Crippen molar-refractivity contribution in [3.05, 3.63) is 11.2 Å². The lowest BCUT2D eigenvalue weighted by Crippen LogP contribution is -2.54. The lowest BCUT2D eigenvalue weighted by Gasteiger charge is -2.37. The summed E-state index contributed by atoms with van der Waals surface area (Å²) in [6, 6.07) is 0.280. The Morgan fingerprint density at radius 2 is 1.94 bits per heavy atom. The Hall–Kier alpha value is -0.500. The van der Waals surface area contributed by atoms with E-state index in [0.717, 1.165) is 30.9 Å². The Kier molecular flexibility index (Phi) is 2.97. The van der Waals surface area contributed by atoms with Crippen molar-refractivity contribution < 1.29 is 8.42 Å². The Balaban J connectivity index is 1.96. The number of likely N-dealkylation sites (N-methyl/N-ethyl adjacent to an activating group) is 1. The number of likely N-dealkylation sites (tertiary alicyclic amines) is 1. The first kappa shape index (κ1) is 12.5. The van der Waals surface area contributed by atoms with Crippen LogP contribution in [0.2, 0.25) is 0 Å². The molecule has 2 aliphatic rings. The summed E-state index contributed by atoms with van der Waals surface area (Å²) in [7, 11) is -1.28. The third kappa shape index (κ3) is 1.89. The topological polar surface area (TPSA) is 53.5 Å². The van der Waals surface area contributed by atoms with Gasteiger partial charge in [-0.15, -0.1) is 11.3 Å². The van der Waals surface area contributed by atoms with Crippen molar-refractivity contribution in [1.82, 2.24) is 14.2 Å². The molecule has 2 saturated heterocycles. The van der Waals surface area contributed by atoms with Crippen LogP contribution in [0, 0.1) is 6.92 Å². The van der Waals surface area contributed by atoms with Gasteiger partial charge in [0.05, 0.1) is 11.2 Å². The Labute approximate surface area is 111 Å². The van der Waals surface area contributed by atoms with Gasteiger partial charge in [0.25, 0.3) is 10.0 Å². The smallest absolute Gasteiger partial charge is 0.254 e. The number of nitrogens with zero attached hydrogens (tertiary/aromatic N) is 3. The molecule has 7 heteroatoms. The molecule has 3 heterocycles. The third-order valence-corrected chi connectivity index (χ3v) is 7.08. The molecule has 5 nitrogen and oxygen atoms in total. The fraction of sp³-hybridized carbons (Fsp3) is 0.727. The van der Waals surface area contributed by atoms with Crippen molar-refractivity contribution in [2.24, 2.45) is 0 Å². The second-order valence-electron chi connectivity index (χ2n) is 5.14. The molecule has 2 unspecified atom stereocenters. The summed E-state index contributed by atoms with van der Waals surface area (Å²) in [6.07, 6.45) is 3.45. The van der Waals surface area contributed by atoms with E-state index < -0.39 is 10.0 Å². The molecule has 0 aliphatic carbocycles. The summed E-state index contributed by atoms with van der Waals surface area (Å²) in [5, 5.41) is 0.801. The highest BCUT2D eigenvalue weighted by atomic mass is 32.2. The standard InChI is InChI=1S/C11H17N3O2S2/c1-8-12-5-11(17-8)18(15,16)14-9-3-4-10(14)7-13(2)6-9/h5,9-10H,3-4,6-7H2,1-2H3. The Bertz CT molecular complexity index is 540. The summed E-state index contributed by atoms with van der Waals surface area (Å²) in [5.41, 5.74) is 0. The highest BCUT2D eigenvalue weighted by Gasteiger charge is 2.46. The average molecular weight is 287 g/mol. The number of piperazine rings is 1. The highest BCUT2D eigenvalue weighted by molar-refractivity contribution is 7.91. The number of hydrogen-bond acceptors (Lipinski definition) is 5. The predicted molar refractivity (Wildman–Crippen MR) is 70.2 cm³/mol. The fourth-order valence-corrected chi connectivity index (χ4v) is 6.10. The largest absolute Gasteiger partial charge is 0.303 e. The second kappa shape index (κ2) is 4.26. The third-order valence-electron chi connectivity index (χ3n) is 3.73. The Morgan fingerprint density at radius 3 is 2.44 bits per heavy atom. The van der Waals surface area contributed by atoms with E-state index in [1.54, 1.807) is 4.31 Å². The van der Waals surface area contributed by atoms with Gasteiger partial charge in [0, 0.05) is 25.2 Å². The zero-order chi connectivity index (χ0) is 12.9. The van der Waals surface area contributed by atoms with Gasteiger partial charge in [-0.2, -0.15) is 4.31 Å². The number of thiazole rings is 1. The molecule has 0 spiro atoms. The van der Waals surface area contributed by atoms with E-state index in [1.165, 1.54) is 17.5 Å². The molecule has 0 aromatic carbocycles. The van der Waals surface area contributed by atoms with Gasteiger partial charge in [-0.3, -0.25) is 0 Å². The maximum atomic E-state index is 12.6. The first-order valence-corrected chi connectivity index (χ1v) is 8.38. The molecule has 1 aromatic heterocycles. The van der Waals surface area contributed by atoms with E-state index >= 15 is 0 Å². The van der Waals surface area contributed by atoms with Crippen LogP contribution in [0.5, 0.6) is 0 Å². The SMILES string of the molecule is Cc1ncc(S(=O)(=O)N2C3CCC2CN(C)C3)s1. The average Bonchev–Trinajstić information content (AvgIpc) is 2.83. The van der Waals surface area contributed by atoms with Crippen molar-refractivity contribution in [2.45, 2.75) is 36.1 Å². The molecular weight excluding hydrogens is 270 g/mol. The number of aryl methyl sites for hydroxylation is 1. The first-order valence-electron chi connectivity index (χ1n) is 6.13. The number of fused-ring (bicyclic) bond motifs is 2. The number of hydrogen-bond donors (Lipinski definition) is 0. The van der Waals surface area contributed by atoms with Crippen LogP contribution in [0.3, 0.4) is 0 Å². The van der Waals surface area contributed by atoms with E-state index in [1.807, 2.05) is 6.92 Å². The van der Waals surface area contributed by atoms with E-state index in [9.17, 15) is 8.42 Å². The minimum Gasteiger partial charge on any atom is -0.303 e. The summed E-state index contributed by atoms with van der Waals surface area (Å²) in [6.45, 7) is 3.52. The maximum absolute atomic E-state index is 12.6. The van der Waals surface area contributed by atoms with E-state index in [4.69, 9.17) is 0 Å². The molecule has 0 radical (unpaired) electrons. The lowest BCUT2D eigenvalue weighted by molar-refractivity contribution is 0.154. The van der Waals surface area contributed by atoms with Crippen LogP contribution >= 0.6 is 11.3 Å². The van der Waals surface area contributed by atoms with E-state index in [2.05, 4.69) is 16.9 Å². The van der Waals surface area contributed by atoms with Crippen molar-refractivity contribution in [3.8, 4) is 0 Å². The number of aromatic nitrogens is 1. The van der Waals surface area contributed by atoms with Crippen LogP contribution < -0.4 is 0 Å². The molecule has 0 amide bonds. The second-order valence-corrected chi connectivity index (χ2v) is 8.44. The molecule has 2 fully saturated rings. The molecule has 1 aromatic rings. The molecule has 2 atom stereocenters. The van der Waals surface area contributed by atoms with Gasteiger partial charge >= 0.3 is 0 Å². The van der Waals surface area contributed by atoms with Crippen LogP contribution in [0.4, 0.5) is 0 Å². The van der Waals surface area contributed by atoms with Gasteiger partial charge in [0.15, 0.2) is 4.21 Å². The predicted octanol–water partition coefficient (Wildman–Crippen LogP) is 0.919. The number of sulfonamides is 1. The summed E-state index contributed by atoms with van der Waals surface area (Å²) >= 11 is 1.27. The van der Waals surface area contributed by atoms with Crippen LogP contribution in [0.25, 0.3) is 0 Å². The highest BCUT2D eigenvalue weighted by Crippen LogP contribution is 2.36. The molecule has 0 N–H and O–H groups in total. The Morgan fingerprint density at radius 1 is 1.33 bits per heavy atom. The van der Waals surface area contributed by atoms with E-state index in [0.29, 0.717) is 4.21 Å². The van der Waals surface area contributed by atoms with Gasteiger partial charge in [0.1, 0.15) is 0 Å². The zero-order valence-corrected chi connectivity index (χ0v) is 12.2. The van der Waals surface area contributed by atoms with Crippen molar-refractivity contribution >= 4 is 21.4 Å².